The molecule has 1 atom stereocenters. The first-order valence-corrected chi connectivity index (χ1v) is 7.32. The SMILES string of the molecule is CC1(C(=O)O)CCCCN1C(=O)CCc1cccc(N)c1. The second kappa shape index (κ2) is 6.16. The smallest absolute Gasteiger partial charge is 0.329 e. The van der Waals surface area contributed by atoms with Gasteiger partial charge in [-0.1, -0.05) is 12.1 Å². The molecule has 1 aliphatic rings. The van der Waals surface area contributed by atoms with E-state index in [0.29, 0.717) is 31.5 Å². The Kier molecular flexibility index (Phi) is 4.50. The Bertz CT molecular complexity index is 544. The average Bonchev–Trinajstić information content (AvgIpc) is 2.45. The number of carbonyl (C=O) groups is 2. The van der Waals surface area contributed by atoms with Gasteiger partial charge in [0.15, 0.2) is 0 Å². The molecule has 5 nitrogen and oxygen atoms in total. The Morgan fingerprint density at radius 2 is 2.14 bits per heavy atom. The molecule has 1 saturated heterocycles. The second-order valence-corrected chi connectivity index (χ2v) is 5.83. The van der Waals surface area contributed by atoms with Crippen LogP contribution in [-0.2, 0) is 16.0 Å². The number of aliphatic carboxylic acids is 1. The summed E-state index contributed by atoms with van der Waals surface area (Å²) in [6.45, 7) is 2.17. The number of nitrogens with two attached hydrogens (primary N) is 1. The summed E-state index contributed by atoms with van der Waals surface area (Å²) in [5.74, 6) is -1.01. The van der Waals surface area contributed by atoms with Crippen LogP contribution in [0.15, 0.2) is 24.3 Å². The lowest BCUT2D eigenvalue weighted by molar-refractivity contribution is -0.160. The molecule has 1 fully saturated rings. The first-order valence-electron chi connectivity index (χ1n) is 7.32. The number of hydrogen-bond acceptors (Lipinski definition) is 3. The Hall–Kier alpha value is -2.04. The Morgan fingerprint density at radius 1 is 1.38 bits per heavy atom. The van der Waals surface area contributed by atoms with Gasteiger partial charge in [0.1, 0.15) is 5.54 Å². The molecular weight excluding hydrogens is 268 g/mol. The molecule has 0 aromatic heterocycles. The van der Waals surface area contributed by atoms with E-state index >= 15 is 0 Å². The zero-order valence-electron chi connectivity index (χ0n) is 12.3. The number of amides is 1. The van der Waals surface area contributed by atoms with Crippen molar-refractivity contribution in [2.75, 3.05) is 12.3 Å². The number of benzene rings is 1. The monoisotopic (exact) mass is 290 g/mol. The van der Waals surface area contributed by atoms with Crippen molar-refractivity contribution in [1.82, 2.24) is 4.90 Å². The first kappa shape index (κ1) is 15.4. The molecule has 0 bridgehead atoms. The van der Waals surface area contributed by atoms with E-state index in [-0.39, 0.29) is 5.91 Å². The van der Waals surface area contributed by atoms with E-state index in [1.54, 1.807) is 13.0 Å². The fraction of sp³-hybridized carbons (Fsp3) is 0.500. The van der Waals surface area contributed by atoms with Crippen molar-refractivity contribution in [3.8, 4) is 0 Å². The number of likely N-dealkylation sites (tertiary alicyclic amines) is 1. The van der Waals surface area contributed by atoms with E-state index in [9.17, 15) is 14.7 Å². The Balaban J connectivity index is 2.03. The molecule has 0 aliphatic carbocycles. The molecule has 0 saturated carbocycles. The van der Waals surface area contributed by atoms with Gasteiger partial charge in [0.25, 0.3) is 0 Å². The highest BCUT2D eigenvalue weighted by Crippen LogP contribution is 2.29. The zero-order chi connectivity index (χ0) is 15.5. The predicted molar refractivity (Wildman–Crippen MR) is 80.8 cm³/mol. The van der Waals surface area contributed by atoms with Crippen LogP contribution in [0.4, 0.5) is 5.69 Å². The van der Waals surface area contributed by atoms with Crippen molar-refractivity contribution in [2.24, 2.45) is 0 Å². The van der Waals surface area contributed by atoms with Crippen LogP contribution in [0.1, 0.15) is 38.2 Å². The van der Waals surface area contributed by atoms with Crippen LogP contribution in [0, 0.1) is 0 Å². The molecule has 1 aromatic carbocycles. The lowest BCUT2D eigenvalue weighted by Gasteiger charge is -2.41. The van der Waals surface area contributed by atoms with E-state index in [0.717, 1.165) is 18.4 Å². The van der Waals surface area contributed by atoms with Gasteiger partial charge in [0.05, 0.1) is 0 Å². The number of piperidine rings is 1. The van der Waals surface area contributed by atoms with Gasteiger partial charge in [-0.15, -0.1) is 0 Å². The number of hydrogen-bond donors (Lipinski definition) is 2. The van der Waals surface area contributed by atoms with Gasteiger partial charge in [-0.05, 0) is 50.3 Å². The van der Waals surface area contributed by atoms with Gasteiger partial charge in [0.2, 0.25) is 5.91 Å². The van der Waals surface area contributed by atoms with Crippen molar-refractivity contribution in [1.29, 1.82) is 0 Å². The van der Waals surface area contributed by atoms with Crippen LogP contribution in [0.25, 0.3) is 0 Å². The van der Waals surface area contributed by atoms with Crippen molar-refractivity contribution in [2.45, 2.75) is 44.6 Å². The van der Waals surface area contributed by atoms with Crippen LogP contribution >= 0.6 is 0 Å². The summed E-state index contributed by atoms with van der Waals surface area (Å²) in [6.07, 6.45) is 3.13. The minimum atomic E-state index is -1.06. The van der Waals surface area contributed by atoms with E-state index in [4.69, 9.17) is 5.73 Å². The summed E-state index contributed by atoms with van der Waals surface area (Å²) < 4.78 is 0. The van der Waals surface area contributed by atoms with Gasteiger partial charge in [0, 0.05) is 18.7 Å². The lowest BCUT2D eigenvalue weighted by atomic mass is 9.88. The number of nitrogen functional groups attached to an aromatic ring is 1. The lowest BCUT2D eigenvalue weighted by Crippen LogP contribution is -2.57. The van der Waals surface area contributed by atoms with Crippen molar-refractivity contribution in [3.05, 3.63) is 29.8 Å². The summed E-state index contributed by atoms with van der Waals surface area (Å²) in [7, 11) is 0. The van der Waals surface area contributed by atoms with Crippen molar-refractivity contribution < 1.29 is 14.7 Å². The number of rotatable bonds is 4. The molecule has 5 heteroatoms. The molecule has 1 amide bonds. The third-order valence-electron chi connectivity index (χ3n) is 4.23. The summed E-state index contributed by atoms with van der Waals surface area (Å²) in [5.41, 5.74) is 6.33. The number of nitrogens with zero attached hydrogens (tertiary/aromatic N) is 1. The molecule has 1 unspecified atom stereocenters. The summed E-state index contributed by atoms with van der Waals surface area (Å²) in [5, 5.41) is 9.43. The normalized spacial score (nSPS) is 22.0. The van der Waals surface area contributed by atoms with Crippen LogP contribution in [0.2, 0.25) is 0 Å². The molecule has 3 N–H and O–H groups in total. The van der Waals surface area contributed by atoms with Crippen molar-refractivity contribution in [3.63, 3.8) is 0 Å². The maximum absolute atomic E-state index is 12.4. The van der Waals surface area contributed by atoms with Crippen LogP contribution in [-0.4, -0.2) is 34.0 Å². The fourth-order valence-electron chi connectivity index (χ4n) is 2.88. The molecule has 1 aromatic rings. The minimum absolute atomic E-state index is 0.0953. The molecule has 2 rings (SSSR count). The summed E-state index contributed by atoms with van der Waals surface area (Å²) in [4.78, 5) is 25.4. The third kappa shape index (κ3) is 3.35. The number of anilines is 1. The molecular formula is C16H22N2O3. The molecule has 1 aliphatic heterocycles. The number of carboxylic acid groups (broad SMARTS) is 1. The van der Waals surface area contributed by atoms with Gasteiger partial charge < -0.3 is 15.7 Å². The number of carboxylic acids is 1. The molecule has 114 valence electrons. The Labute approximate surface area is 124 Å². The maximum Gasteiger partial charge on any atom is 0.329 e. The van der Waals surface area contributed by atoms with Gasteiger partial charge in [-0.3, -0.25) is 4.79 Å². The second-order valence-electron chi connectivity index (χ2n) is 5.83. The third-order valence-corrected chi connectivity index (χ3v) is 4.23. The quantitative estimate of drug-likeness (QED) is 0.831. The van der Waals surface area contributed by atoms with E-state index in [1.165, 1.54) is 4.90 Å². The van der Waals surface area contributed by atoms with Gasteiger partial charge in [-0.2, -0.15) is 0 Å². The minimum Gasteiger partial charge on any atom is -0.480 e. The van der Waals surface area contributed by atoms with E-state index < -0.39 is 11.5 Å². The van der Waals surface area contributed by atoms with E-state index in [2.05, 4.69) is 0 Å². The highest BCUT2D eigenvalue weighted by molar-refractivity contribution is 5.87. The standard InChI is InChI=1S/C16H22N2O3/c1-16(15(20)21)9-2-3-10-18(16)14(19)8-7-12-5-4-6-13(17)11-12/h4-6,11H,2-3,7-10,17H2,1H3,(H,20,21). The highest BCUT2D eigenvalue weighted by Gasteiger charge is 2.43. The van der Waals surface area contributed by atoms with Gasteiger partial charge >= 0.3 is 5.97 Å². The van der Waals surface area contributed by atoms with Gasteiger partial charge in [-0.25, -0.2) is 4.79 Å². The largest absolute Gasteiger partial charge is 0.480 e. The average molecular weight is 290 g/mol. The van der Waals surface area contributed by atoms with Crippen LogP contribution in [0.5, 0.6) is 0 Å². The van der Waals surface area contributed by atoms with Crippen LogP contribution in [0.3, 0.4) is 0 Å². The van der Waals surface area contributed by atoms with E-state index in [1.807, 2.05) is 18.2 Å². The first-order chi connectivity index (χ1) is 9.93. The Morgan fingerprint density at radius 3 is 2.81 bits per heavy atom. The zero-order valence-corrected chi connectivity index (χ0v) is 12.3. The maximum atomic E-state index is 12.4. The molecule has 0 spiro atoms. The molecule has 0 radical (unpaired) electrons. The fourth-order valence-corrected chi connectivity index (χ4v) is 2.88. The topological polar surface area (TPSA) is 83.6 Å². The number of carbonyl (C=O) groups excluding carboxylic acids is 1. The molecule has 1 heterocycles. The number of aryl methyl sites for hydroxylation is 1. The van der Waals surface area contributed by atoms with Crippen LogP contribution < -0.4 is 5.73 Å². The summed E-state index contributed by atoms with van der Waals surface area (Å²) in [6, 6.07) is 7.44. The summed E-state index contributed by atoms with van der Waals surface area (Å²) >= 11 is 0. The predicted octanol–water partition coefficient (Wildman–Crippen LogP) is 2.06. The molecule has 21 heavy (non-hydrogen) atoms. The highest BCUT2D eigenvalue weighted by atomic mass is 16.4. The van der Waals surface area contributed by atoms with Crippen molar-refractivity contribution >= 4 is 17.6 Å².